The predicted molar refractivity (Wildman–Crippen MR) is 113 cm³/mol. The van der Waals surface area contributed by atoms with Crippen LogP contribution in [0.4, 0.5) is 0 Å². The van der Waals surface area contributed by atoms with E-state index in [0.717, 1.165) is 42.4 Å². The molecule has 27 heavy (non-hydrogen) atoms. The Morgan fingerprint density at radius 2 is 1.37 bits per heavy atom. The largest absolute Gasteiger partial charge is 0.463 e. The van der Waals surface area contributed by atoms with Crippen LogP contribution in [-0.2, 0) is 9.53 Å². The average molecular weight is 377 g/mol. The van der Waals surface area contributed by atoms with E-state index >= 15 is 0 Å². The molecule has 0 N–H and O–H groups in total. The summed E-state index contributed by atoms with van der Waals surface area (Å²) in [7, 11) is 0. The van der Waals surface area contributed by atoms with Crippen LogP contribution in [0.1, 0.15) is 117 Å². The molecule has 0 aromatic carbocycles. The number of hydrogen-bond donors (Lipinski definition) is 0. The topological polar surface area (TPSA) is 26.3 Å². The zero-order chi connectivity index (χ0) is 19.1. The number of unbranched alkanes of at least 4 members (excludes halogenated alkanes) is 2. The minimum absolute atomic E-state index is 0.0883. The van der Waals surface area contributed by atoms with E-state index in [1.165, 1.54) is 89.9 Å². The molecule has 0 spiro atoms. The molecule has 2 atom stereocenters. The smallest absolute Gasteiger partial charge is 0.302 e. The molecule has 0 saturated heterocycles. The van der Waals surface area contributed by atoms with Crippen LogP contribution >= 0.6 is 0 Å². The number of carbonyl (C=O) groups excluding carboxylic acids is 1. The summed E-state index contributed by atoms with van der Waals surface area (Å²) < 4.78 is 5.53. The highest BCUT2D eigenvalue weighted by molar-refractivity contribution is 5.66. The van der Waals surface area contributed by atoms with Crippen molar-refractivity contribution in [2.24, 2.45) is 29.6 Å². The first-order valence-corrected chi connectivity index (χ1v) is 12.3. The van der Waals surface area contributed by atoms with E-state index in [1.807, 2.05) is 0 Å². The SMILES string of the molecule is CCCCCC1CCC(C2CCC([C@H]3CCC[C@@H](OC(C)=O)C3)CC2)CC1. The van der Waals surface area contributed by atoms with Gasteiger partial charge in [-0.2, -0.15) is 0 Å². The van der Waals surface area contributed by atoms with Gasteiger partial charge in [0.2, 0.25) is 0 Å². The summed E-state index contributed by atoms with van der Waals surface area (Å²) in [5.74, 6) is 4.74. The van der Waals surface area contributed by atoms with Crippen LogP contribution in [0.15, 0.2) is 0 Å². The maximum Gasteiger partial charge on any atom is 0.302 e. The van der Waals surface area contributed by atoms with E-state index in [9.17, 15) is 4.79 Å². The highest BCUT2D eigenvalue weighted by atomic mass is 16.5. The van der Waals surface area contributed by atoms with Crippen molar-refractivity contribution >= 4 is 5.97 Å². The summed E-state index contributed by atoms with van der Waals surface area (Å²) >= 11 is 0. The second kappa shape index (κ2) is 10.9. The molecule has 3 rings (SSSR count). The van der Waals surface area contributed by atoms with Gasteiger partial charge in [-0.3, -0.25) is 4.79 Å². The normalized spacial score (nSPS) is 37.7. The zero-order valence-corrected chi connectivity index (χ0v) is 18.1. The molecule has 0 radical (unpaired) electrons. The quantitative estimate of drug-likeness (QED) is 0.344. The molecule has 3 aliphatic carbocycles. The summed E-state index contributed by atoms with van der Waals surface area (Å²) in [6, 6.07) is 0. The molecule has 2 heteroatoms. The molecule has 0 bridgehead atoms. The van der Waals surface area contributed by atoms with Gasteiger partial charge in [-0.25, -0.2) is 0 Å². The van der Waals surface area contributed by atoms with Gasteiger partial charge in [0.15, 0.2) is 0 Å². The molecule has 2 nitrogen and oxygen atoms in total. The van der Waals surface area contributed by atoms with Crippen molar-refractivity contribution in [3.05, 3.63) is 0 Å². The van der Waals surface area contributed by atoms with E-state index in [2.05, 4.69) is 6.92 Å². The Labute approximate surface area is 168 Å². The summed E-state index contributed by atoms with van der Waals surface area (Å²) in [5.41, 5.74) is 0. The van der Waals surface area contributed by atoms with Gasteiger partial charge < -0.3 is 4.74 Å². The van der Waals surface area contributed by atoms with Gasteiger partial charge in [-0.1, -0.05) is 45.4 Å². The highest BCUT2D eigenvalue weighted by Gasteiger charge is 2.35. The van der Waals surface area contributed by atoms with Crippen LogP contribution in [0.3, 0.4) is 0 Å². The Bertz CT molecular complexity index is 430. The van der Waals surface area contributed by atoms with E-state index in [0.29, 0.717) is 0 Å². The molecule has 3 saturated carbocycles. The van der Waals surface area contributed by atoms with Gasteiger partial charge in [0, 0.05) is 6.92 Å². The Morgan fingerprint density at radius 1 is 0.778 bits per heavy atom. The first-order chi connectivity index (χ1) is 13.2. The molecule has 0 amide bonds. The van der Waals surface area contributed by atoms with Crippen molar-refractivity contribution in [3.8, 4) is 0 Å². The third-order valence-corrected chi connectivity index (χ3v) is 8.26. The summed E-state index contributed by atoms with van der Waals surface area (Å²) in [5, 5.41) is 0. The molecular weight excluding hydrogens is 332 g/mol. The van der Waals surface area contributed by atoms with Crippen molar-refractivity contribution in [2.75, 3.05) is 0 Å². The van der Waals surface area contributed by atoms with Crippen LogP contribution in [0.5, 0.6) is 0 Å². The van der Waals surface area contributed by atoms with Crippen molar-refractivity contribution in [1.82, 2.24) is 0 Å². The molecule has 3 aliphatic rings. The van der Waals surface area contributed by atoms with Crippen molar-refractivity contribution in [2.45, 2.75) is 123 Å². The fourth-order valence-corrected chi connectivity index (χ4v) is 6.67. The lowest BCUT2D eigenvalue weighted by Crippen LogP contribution is -2.32. The van der Waals surface area contributed by atoms with Crippen molar-refractivity contribution in [1.29, 1.82) is 0 Å². The Hall–Kier alpha value is -0.530. The van der Waals surface area contributed by atoms with Crippen LogP contribution in [0.25, 0.3) is 0 Å². The molecule has 0 aromatic rings. The Morgan fingerprint density at radius 3 is 1.96 bits per heavy atom. The van der Waals surface area contributed by atoms with Gasteiger partial charge in [-0.05, 0) is 93.8 Å². The Balaban J connectivity index is 1.36. The van der Waals surface area contributed by atoms with Crippen molar-refractivity contribution < 1.29 is 9.53 Å². The molecule has 0 aromatic heterocycles. The van der Waals surface area contributed by atoms with E-state index in [1.54, 1.807) is 6.92 Å². The first-order valence-electron chi connectivity index (χ1n) is 12.3. The van der Waals surface area contributed by atoms with E-state index in [-0.39, 0.29) is 12.1 Å². The highest BCUT2D eigenvalue weighted by Crippen LogP contribution is 2.46. The third kappa shape index (κ3) is 6.50. The van der Waals surface area contributed by atoms with Gasteiger partial charge >= 0.3 is 5.97 Å². The van der Waals surface area contributed by atoms with Crippen LogP contribution in [-0.4, -0.2) is 12.1 Å². The lowest BCUT2D eigenvalue weighted by Gasteiger charge is -2.41. The second-order valence-electron chi connectivity index (χ2n) is 10.1. The minimum atomic E-state index is -0.0883. The third-order valence-electron chi connectivity index (χ3n) is 8.26. The van der Waals surface area contributed by atoms with Gasteiger partial charge in [0.05, 0.1) is 0 Å². The fourth-order valence-electron chi connectivity index (χ4n) is 6.67. The summed E-state index contributed by atoms with van der Waals surface area (Å²) in [4.78, 5) is 11.3. The van der Waals surface area contributed by atoms with Gasteiger partial charge in [0.1, 0.15) is 6.10 Å². The molecule has 0 unspecified atom stereocenters. The number of carbonyl (C=O) groups is 1. The van der Waals surface area contributed by atoms with Gasteiger partial charge in [-0.15, -0.1) is 0 Å². The van der Waals surface area contributed by atoms with Crippen molar-refractivity contribution in [3.63, 3.8) is 0 Å². The fraction of sp³-hybridized carbons (Fsp3) is 0.960. The zero-order valence-electron chi connectivity index (χ0n) is 18.1. The number of hydrogen-bond acceptors (Lipinski definition) is 2. The number of rotatable bonds is 7. The van der Waals surface area contributed by atoms with Crippen LogP contribution in [0, 0.1) is 29.6 Å². The molecular formula is C25H44O2. The van der Waals surface area contributed by atoms with Crippen LogP contribution in [0.2, 0.25) is 0 Å². The molecule has 3 fully saturated rings. The Kier molecular flexibility index (Phi) is 8.52. The molecule has 0 aliphatic heterocycles. The summed E-state index contributed by atoms with van der Waals surface area (Å²) in [6.07, 6.45) is 22.7. The minimum Gasteiger partial charge on any atom is -0.463 e. The summed E-state index contributed by atoms with van der Waals surface area (Å²) in [6.45, 7) is 3.88. The van der Waals surface area contributed by atoms with Gasteiger partial charge in [0.25, 0.3) is 0 Å². The average Bonchev–Trinajstić information content (AvgIpc) is 2.69. The van der Waals surface area contributed by atoms with E-state index < -0.39 is 0 Å². The number of ether oxygens (including phenoxy) is 1. The molecule has 0 heterocycles. The predicted octanol–water partition coefficient (Wildman–Crippen LogP) is 7.30. The lowest BCUT2D eigenvalue weighted by atomic mass is 9.65. The molecule has 156 valence electrons. The monoisotopic (exact) mass is 376 g/mol. The lowest BCUT2D eigenvalue weighted by molar-refractivity contribution is -0.149. The van der Waals surface area contributed by atoms with E-state index in [4.69, 9.17) is 4.74 Å². The standard InChI is InChI=1S/C25H44O2/c1-3-4-5-7-20-10-12-21(13-11-20)22-14-16-23(17-15-22)24-8-6-9-25(18-24)27-19(2)26/h20-25H,3-18H2,1-2H3/t20?,21?,22?,23?,24-,25+/m0/s1. The number of esters is 1. The second-order valence-corrected chi connectivity index (χ2v) is 10.1. The maximum atomic E-state index is 11.3. The first kappa shape index (κ1) is 21.2. The van der Waals surface area contributed by atoms with Crippen LogP contribution < -0.4 is 0 Å². The maximum absolute atomic E-state index is 11.3.